The molecule has 1 aliphatic heterocycles. The van der Waals surface area contributed by atoms with Gasteiger partial charge in [0.2, 0.25) is 10.0 Å². The molecule has 1 N–H and O–H groups in total. The van der Waals surface area contributed by atoms with Gasteiger partial charge in [-0.15, -0.1) is 0 Å². The third-order valence-corrected chi connectivity index (χ3v) is 7.01. The molecule has 0 atom stereocenters. The van der Waals surface area contributed by atoms with Gasteiger partial charge < -0.3 is 10.1 Å². The summed E-state index contributed by atoms with van der Waals surface area (Å²) in [5.74, 6) is -0.950. The van der Waals surface area contributed by atoms with Gasteiger partial charge >= 0.3 is 5.97 Å². The highest BCUT2D eigenvalue weighted by Gasteiger charge is 2.27. The standard InChI is InChI=1S/C20H22N6O5S/c1-2-17-16(11-21-20-22-13-23-26(17)20)19(28)31-12-18(27)24-14-6-5-7-15(10-14)32(29,30)25-8-3-4-9-25/h5-7,10-11,13H,2-4,8-9,12H2,1H3,(H,24,27). The molecule has 0 spiro atoms. The Bertz CT molecular complexity index is 1270. The minimum Gasteiger partial charge on any atom is -0.452 e. The summed E-state index contributed by atoms with van der Waals surface area (Å²) in [6, 6.07) is 6.01. The lowest BCUT2D eigenvalue weighted by atomic mass is 10.2. The number of anilines is 1. The maximum Gasteiger partial charge on any atom is 0.342 e. The van der Waals surface area contributed by atoms with Crippen LogP contribution in [-0.4, -0.2) is 63.9 Å². The highest BCUT2D eigenvalue weighted by Crippen LogP contribution is 2.23. The number of hydrogen-bond donors (Lipinski definition) is 1. The highest BCUT2D eigenvalue weighted by molar-refractivity contribution is 7.89. The van der Waals surface area contributed by atoms with Crippen LogP contribution in [0.4, 0.5) is 5.69 Å². The van der Waals surface area contributed by atoms with Crippen molar-refractivity contribution < 1.29 is 22.7 Å². The van der Waals surface area contributed by atoms with Gasteiger partial charge in [-0.25, -0.2) is 22.7 Å². The van der Waals surface area contributed by atoms with E-state index in [1.54, 1.807) is 12.1 Å². The fraction of sp³-hybridized carbons (Fsp3) is 0.350. The van der Waals surface area contributed by atoms with Crippen LogP contribution in [0, 0.1) is 0 Å². The summed E-state index contributed by atoms with van der Waals surface area (Å²) in [6.07, 6.45) is 4.83. The molecule has 4 rings (SSSR count). The Labute approximate surface area is 184 Å². The van der Waals surface area contributed by atoms with Crippen LogP contribution in [0.25, 0.3) is 5.78 Å². The van der Waals surface area contributed by atoms with Crippen LogP contribution < -0.4 is 5.32 Å². The normalized spacial score (nSPS) is 14.5. The first-order valence-electron chi connectivity index (χ1n) is 10.1. The second-order valence-corrected chi connectivity index (χ2v) is 9.15. The monoisotopic (exact) mass is 458 g/mol. The zero-order valence-electron chi connectivity index (χ0n) is 17.4. The van der Waals surface area contributed by atoms with Gasteiger partial charge in [-0.3, -0.25) is 4.79 Å². The van der Waals surface area contributed by atoms with Crippen molar-refractivity contribution in [2.45, 2.75) is 31.1 Å². The largest absolute Gasteiger partial charge is 0.452 e. The Morgan fingerprint density at radius 2 is 1.97 bits per heavy atom. The number of carbonyl (C=O) groups excluding carboxylic acids is 2. The Hall–Kier alpha value is -3.38. The number of aromatic nitrogens is 4. The summed E-state index contributed by atoms with van der Waals surface area (Å²) < 4.78 is 33.4. The summed E-state index contributed by atoms with van der Waals surface area (Å²) in [7, 11) is -3.60. The van der Waals surface area contributed by atoms with Gasteiger partial charge in [0.1, 0.15) is 6.33 Å². The summed E-state index contributed by atoms with van der Waals surface area (Å²) in [6.45, 7) is 2.29. The number of ether oxygens (including phenoxy) is 1. The molecule has 0 unspecified atom stereocenters. The molecule has 0 saturated carbocycles. The maximum absolute atomic E-state index is 12.7. The molecule has 168 valence electrons. The molecular weight excluding hydrogens is 436 g/mol. The number of nitrogens with one attached hydrogen (secondary N) is 1. The van der Waals surface area contributed by atoms with Gasteiger partial charge in [0, 0.05) is 25.0 Å². The third-order valence-electron chi connectivity index (χ3n) is 5.12. The van der Waals surface area contributed by atoms with Gasteiger partial charge in [0.25, 0.3) is 11.7 Å². The number of rotatable bonds is 7. The van der Waals surface area contributed by atoms with E-state index in [0.717, 1.165) is 12.8 Å². The molecule has 0 radical (unpaired) electrons. The lowest BCUT2D eigenvalue weighted by Crippen LogP contribution is -2.28. The number of aryl methyl sites for hydroxylation is 1. The Balaban J connectivity index is 1.41. The minimum absolute atomic E-state index is 0.106. The van der Waals surface area contributed by atoms with Crippen LogP contribution in [0.15, 0.2) is 41.7 Å². The Morgan fingerprint density at radius 1 is 1.19 bits per heavy atom. The van der Waals surface area contributed by atoms with Gasteiger partial charge in [-0.1, -0.05) is 13.0 Å². The summed E-state index contributed by atoms with van der Waals surface area (Å²) in [5, 5.41) is 6.61. The first kappa shape index (κ1) is 21.8. The molecule has 12 heteroatoms. The molecular formula is C20H22N6O5S. The van der Waals surface area contributed by atoms with Crippen molar-refractivity contribution in [2.75, 3.05) is 25.0 Å². The predicted octanol–water partition coefficient (Wildman–Crippen LogP) is 1.27. The number of esters is 1. The van der Waals surface area contributed by atoms with Crippen LogP contribution >= 0.6 is 0 Å². The fourth-order valence-electron chi connectivity index (χ4n) is 3.55. The van der Waals surface area contributed by atoms with E-state index in [-0.39, 0.29) is 10.5 Å². The molecule has 1 saturated heterocycles. The number of fused-ring (bicyclic) bond motifs is 1. The molecule has 1 aromatic carbocycles. The fourth-order valence-corrected chi connectivity index (χ4v) is 5.12. The topological polar surface area (TPSA) is 136 Å². The molecule has 1 amide bonds. The van der Waals surface area contributed by atoms with Crippen molar-refractivity contribution >= 4 is 33.4 Å². The van der Waals surface area contributed by atoms with E-state index < -0.39 is 28.5 Å². The second-order valence-electron chi connectivity index (χ2n) is 7.21. The van der Waals surface area contributed by atoms with Gasteiger partial charge in [-0.05, 0) is 37.5 Å². The lowest BCUT2D eigenvalue weighted by Gasteiger charge is -2.16. The van der Waals surface area contributed by atoms with E-state index in [2.05, 4.69) is 20.4 Å². The molecule has 2 aromatic heterocycles. The molecule has 0 aliphatic carbocycles. The molecule has 3 heterocycles. The van der Waals surface area contributed by atoms with Crippen LogP contribution in [0.2, 0.25) is 0 Å². The van der Waals surface area contributed by atoms with Crippen molar-refractivity contribution in [3.8, 4) is 0 Å². The number of benzene rings is 1. The first-order valence-corrected chi connectivity index (χ1v) is 11.6. The van der Waals surface area contributed by atoms with E-state index >= 15 is 0 Å². The van der Waals surface area contributed by atoms with Gasteiger partial charge in [0.15, 0.2) is 6.61 Å². The number of carbonyl (C=O) groups is 2. The van der Waals surface area contributed by atoms with Gasteiger partial charge in [0.05, 0.1) is 16.2 Å². The molecule has 0 bridgehead atoms. The predicted molar refractivity (Wildman–Crippen MR) is 114 cm³/mol. The van der Waals surface area contributed by atoms with Crippen molar-refractivity contribution in [3.63, 3.8) is 0 Å². The second kappa shape index (κ2) is 9.01. The molecule has 11 nitrogen and oxygen atoms in total. The van der Waals surface area contributed by atoms with E-state index in [1.165, 1.54) is 33.5 Å². The highest BCUT2D eigenvalue weighted by atomic mass is 32.2. The van der Waals surface area contributed by atoms with Crippen molar-refractivity contribution in [1.82, 2.24) is 23.9 Å². The molecule has 1 aliphatic rings. The summed E-state index contributed by atoms with van der Waals surface area (Å²) in [5.41, 5.74) is 1.06. The first-order chi connectivity index (χ1) is 15.4. The number of sulfonamides is 1. The van der Waals surface area contributed by atoms with Crippen LogP contribution in [0.1, 0.15) is 35.8 Å². The number of nitrogens with zero attached hydrogens (tertiary/aromatic N) is 5. The van der Waals surface area contributed by atoms with Crippen LogP contribution in [0.5, 0.6) is 0 Å². The van der Waals surface area contributed by atoms with Crippen molar-refractivity contribution in [3.05, 3.63) is 48.0 Å². The maximum atomic E-state index is 12.7. The lowest BCUT2D eigenvalue weighted by molar-refractivity contribution is -0.119. The average Bonchev–Trinajstić information content (AvgIpc) is 3.49. The molecule has 1 fully saturated rings. The number of hydrogen-bond acceptors (Lipinski definition) is 8. The minimum atomic E-state index is -3.60. The van der Waals surface area contributed by atoms with E-state index in [9.17, 15) is 18.0 Å². The van der Waals surface area contributed by atoms with Gasteiger partial charge in [-0.2, -0.15) is 14.4 Å². The van der Waals surface area contributed by atoms with Crippen molar-refractivity contribution in [2.24, 2.45) is 0 Å². The molecule has 32 heavy (non-hydrogen) atoms. The third kappa shape index (κ3) is 4.32. The zero-order chi connectivity index (χ0) is 22.7. The van der Waals surface area contributed by atoms with E-state index in [4.69, 9.17) is 4.74 Å². The number of amides is 1. The van der Waals surface area contributed by atoms with Crippen molar-refractivity contribution in [1.29, 1.82) is 0 Å². The Morgan fingerprint density at radius 3 is 2.72 bits per heavy atom. The molecule has 3 aromatic rings. The Kier molecular flexibility index (Phi) is 6.15. The summed E-state index contributed by atoms with van der Waals surface area (Å²) in [4.78, 5) is 32.9. The zero-order valence-corrected chi connectivity index (χ0v) is 18.2. The van der Waals surface area contributed by atoms with E-state index in [0.29, 0.717) is 36.7 Å². The average molecular weight is 459 g/mol. The van der Waals surface area contributed by atoms with E-state index in [1.807, 2.05) is 6.92 Å². The summed E-state index contributed by atoms with van der Waals surface area (Å²) >= 11 is 0. The van der Waals surface area contributed by atoms with Crippen LogP contribution in [-0.2, 0) is 26.0 Å². The SMILES string of the molecule is CCc1c(C(=O)OCC(=O)Nc2cccc(S(=O)(=O)N3CCCC3)c2)cnc2ncnn12. The quantitative estimate of drug-likeness (QED) is 0.523. The van der Waals surface area contributed by atoms with Crippen LogP contribution in [0.3, 0.4) is 0 Å². The smallest absolute Gasteiger partial charge is 0.342 e.